The van der Waals surface area contributed by atoms with E-state index in [-0.39, 0.29) is 5.91 Å². The lowest BCUT2D eigenvalue weighted by Crippen LogP contribution is -2.41. The molecule has 2 amide bonds. The summed E-state index contributed by atoms with van der Waals surface area (Å²) in [7, 11) is 1.59. The summed E-state index contributed by atoms with van der Waals surface area (Å²) >= 11 is 2.06. The van der Waals surface area contributed by atoms with Crippen molar-refractivity contribution in [3.63, 3.8) is 0 Å². The lowest BCUT2D eigenvalue weighted by atomic mass is 10.2. The van der Waals surface area contributed by atoms with Gasteiger partial charge in [-0.15, -0.1) is 0 Å². The van der Waals surface area contributed by atoms with Crippen molar-refractivity contribution in [2.45, 2.75) is 0 Å². The van der Waals surface area contributed by atoms with E-state index < -0.39 is 5.91 Å². The van der Waals surface area contributed by atoms with Gasteiger partial charge in [0.1, 0.15) is 5.75 Å². The summed E-state index contributed by atoms with van der Waals surface area (Å²) in [5, 5.41) is 0. The van der Waals surface area contributed by atoms with Gasteiger partial charge in [0.25, 0.3) is 11.8 Å². The normalized spacial score (nSPS) is 10.3. The van der Waals surface area contributed by atoms with Crippen LogP contribution in [0.3, 0.4) is 0 Å². The highest BCUT2D eigenvalue weighted by Crippen LogP contribution is 2.12. The Balaban J connectivity index is 1.88. The fraction of sp³-hybridized carbons (Fsp3) is 0.0588. The van der Waals surface area contributed by atoms with Gasteiger partial charge >= 0.3 is 0 Å². The van der Waals surface area contributed by atoms with E-state index in [0.717, 1.165) is 14.9 Å². The molecule has 2 rings (SSSR count). The molecule has 0 fully saturated rings. The molecule has 0 bridgehead atoms. The third-order valence-corrected chi connectivity index (χ3v) is 3.90. The number of halogens is 1. The monoisotopic (exact) mass is 422 g/mol. The quantitative estimate of drug-likeness (QED) is 0.453. The molecule has 0 saturated heterocycles. The molecule has 2 N–H and O–H groups in total. The molecular weight excluding hydrogens is 407 g/mol. The largest absolute Gasteiger partial charge is 0.497 e. The number of methoxy groups -OCH3 is 1. The molecule has 0 atom stereocenters. The summed E-state index contributed by atoms with van der Waals surface area (Å²) in [5.41, 5.74) is 6.09. The van der Waals surface area contributed by atoms with E-state index in [2.05, 4.69) is 33.4 Å². The highest BCUT2D eigenvalue weighted by Gasteiger charge is 2.08. The number of nitrogens with one attached hydrogen (secondary N) is 2. The Morgan fingerprint density at radius 3 is 2.39 bits per heavy atom. The van der Waals surface area contributed by atoms with Crippen LogP contribution in [0.5, 0.6) is 5.75 Å². The Bertz CT molecular complexity index is 727. The maximum Gasteiger partial charge on any atom is 0.270 e. The van der Waals surface area contributed by atoms with Crippen LogP contribution in [0.2, 0.25) is 0 Å². The number of carbonyl (C=O) groups is 2. The number of rotatable bonds is 4. The molecule has 0 radical (unpaired) electrons. The van der Waals surface area contributed by atoms with Gasteiger partial charge in [0, 0.05) is 9.65 Å². The molecule has 2 aromatic rings. The molecule has 0 aliphatic heterocycles. The number of carbonyl (C=O) groups excluding carboxylic acids is 2. The fourth-order valence-corrected chi connectivity index (χ4v) is 2.39. The first-order valence-corrected chi connectivity index (χ1v) is 7.85. The predicted molar refractivity (Wildman–Crippen MR) is 96.8 cm³/mol. The standard InChI is InChI=1S/C17H15IN2O3/c1-23-13-9-6-12(7-10-13)8-11-16(21)19-20-17(22)14-4-2-3-5-15(14)18/h2-11H,1H3,(H,19,21)(H,20,22)/b11-8+. The average Bonchev–Trinajstić information content (AvgIpc) is 2.58. The first-order chi connectivity index (χ1) is 11.1. The maximum atomic E-state index is 11.9. The van der Waals surface area contributed by atoms with Crippen molar-refractivity contribution in [3.8, 4) is 5.75 Å². The first-order valence-electron chi connectivity index (χ1n) is 6.77. The van der Waals surface area contributed by atoms with Crippen LogP contribution in [0.25, 0.3) is 6.08 Å². The summed E-state index contributed by atoms with van der Waals surface area (Å²) in [6.07, 6.45) is 2.99. The van der Waals surface area contributed by atoms with Crippen molar-refractivity contribution in [2.24, 2.45) is 0 Å². The molecule has 0 heterocycles. The van der Waals surface area contributed by atoms with Crippen molar-refractivity contribution in [3.05, 3.63) is 69.3 Å². The molecule has 118 valence electrons. The van der Waals surface area contributed by atoms with Crippen LogP contribution >= 0.6 is 22.6 Å². The van der Waals surface area contributed by atoms with Gasteiger partial charge in [-0.2, -0.15) is 0 Å². The van der Waals surface area contributed by atoms with Gasteiger partial charge in [0.05, 0.1) is 12.7 Å². The third-order valence-electron chi connectivity index (χ3n) is 2.96. The van der Waals surface area contributed by atoms with E-state index >= 15 is 0 Å². The number of hydrogen-bond acceptors (Lipinski definition) is 3. The van der Waals surface area contributed by atoms with Gasteiger partial charge in [0.2, 0.25) is 0 Å². The highest BCUT2D eigenvalue weighted by molar-refractivity contribution is 14.1. The molecule has 0 aliphatic carbocycles. The van der Waals surface area contributed by atoms with Crippen LogP contribution in [0.15, 0.2) is 54.6 Å². The maximum absolute atomic E-state index is 11.9. The average molecular weight is 422 g/mol. The van der Waals surface area contributed by atoms with Crippen LogP contribution in [0, 0.1) is 3.57 Å². The Hall–Kier alpha value is -2.35. The second-order valence-corrected chi connectivity index (χ2v) is 5.69. The summed E-state index contributed by atoms with van der Waals surface area (Å²) < 4.78 is 5.87. The second-order valence-electron chi connectivity index (χ2n) is 4.53. The summed E-state index contributed by atoms with van der Waals surface area (Å²) in [5.74, 6) is -0.0300. The summed E-state index contributed by atoms with van der Waals surface area (Å²) in [6, 6.07) is 14.4. The minimum Gasteiger partial charge on any atom is -0.497 e. The summed E-state index contributed by atoms with van der Waals surface area (Å²) in [6.45, 7) is 0. The molecule has 0 aromatic heterocycles. The number of amides is 2. The van der Waals surface area contributed by atoms with E-state index in [4.69, 9.17) is 4.74 Å². The van der Waals surface area contributed by atoms with Crippen LogP contribution in [-0.4, -0.2) is 18.9 Å². The van der Waals surface area contributed by atoms with Gasteiger partial charge in [-0.25, -0.2) is 0 Å². The second kappa shape index (κ2) is 8.33. The molecular formula is C17H15IN2O3. The zero-order valence-corrected chi connectivity index (χ0v) is 14.5. The van der Waals surface area contributed by atoms with Crippen LogP contribution in [0.1, 0.15) is 15.9 Å². The molecule has 2 aromatic carbocycles. The van der Waals surface area contributed by atoms with Crippen molar-refractivity contribution >= 4 is 40.5 Å². The minimum atomic E-state index is -0.417. The Kier molecular flexibility index (Phi) is 6.16. The van der Waals surface area contributed by atoms with Crippen LogP contribution in [-0.2, 0) is 4.79 Å². The van der Waals surface area contributed by atoms with E-state index in [1.165, 1.54) is 6.08 Å². The van der Waals surface area contributed by atoms with E-state index in [0.29, 0.717) is 5.56 Å². The van der Waals surface area contributed by atoms with Gasteiger partial charge in [-0.05, 0) is 58.5 Å². The summed E-state index contributed by atoms with van der Waals surface area (Å²) in [4.78, 5) is 23.7. The highest BCUT2D eigenvalue weighted by atomic mass is 127. The smallest absolute Gasteiger partial charge is 0.270 e. The lowest BCUT2D eigenvalue weighted by molar-refractivity contribution is -0.117. The van der Waals surface area contributed by atoms with Gasteiger partial charge in [-0.1, -0.05) is 24.3 Å². The lowest BCUT2D eigenvalue weighted by Gasteiger charge is -2.06. The van der Waals surface area contributed by atoms with Crippen molar-refractivity contribution in [1.29, 1.82) is 0 Å². The topological polar surface area (TPSA) is 67.4 Å². The molecule has 23 heavy (non-hydrogen) atoms. The third kappa shape index (κ3) is 5.10. The zero-order chi connectivity index (χ0) is 16.7. The predicted octanol–water partition coefficient (Wildman–Crippen LogP) is 2.77. The molecule has 0 aliphatic rings. The van der Waals surface area contributed by atoms with Crippen LogP contribution < -0.4 is 15.6 Å². The SMILES string of the molecule is COc1ccc(/C=C/C(=O)NNC(=O)c2ccccc2I)cc1. The number of hydrazine groups is 1. The number of ether oxygens (including phenoxy) is 1. The molecule has 0 spiro atoms. The Morgan fingerprint density at radius 2 is 1.74 bits per heavy atom. The first kappa shape index (κ1) is 17.0. The molecule has 5 nitrogen and oxygen atoms in total. The van der Waals surface area contributed by atoms with Crippen LogP contribution in [0.4, 0.5) is 0 Å². The minimum absolute atomic E-state index is 0.360. The van der Waals surface area contributed by atoms with E-state index in [1.54, 1.807) is 37.5 Å². The van der Waals surface area contributed by atoms with Gasteiger partial charge in [0.15, 0.2) is 0 Å². The molecule has 0 unspecified atom stereocenters. The number of benzene rings is 2. The van der Waals surface area contributed by atoms with Crippen molar-refractivity contribution < 1.29 is 14.3 Å². The van der Waals surface area contributed by atoms with Crippen molar-refractivity contribution in [1.82, 2.24) is 10.9 Å². The Morgan fingerprint density at radius 1 is 1.04 bits per heavy atom. The fourth-order valence-electron chi connectivity index (χ4n) is 1.76. The number of hydrogen-bond donors (Lipinski definition) is 2. The van der Waals surface area contributed by atoms with Gasteiger partial charge < -0.3 is 4.74 Å². The molecule has 6 heteroatoms. The van der Waals surface area contributed by atoms with Crippen molar-refractivity contribution in [2.75, 3.05) is 7.11 Å². The Labute approximate surface area is 147 Å². The van der Waals surface area contributed by atoms with E-state index in [9.17, 15) is 9.59 Å². The molecule has 0 saturated carbocycles. The van der Waals surface area contributed by atoms with E-state index in [1.807, 2.05) is 24.3 Å². The van der Waals surface area contributed by atoms with Gasteiger partial charge in [-0.3, -0.25) is 20.4 Å². The zero-order valence-electron chi connectivity index (χ0n) is 12.4.